The lowest BCUT2D eigenvalue weighted by molar-refractivity contribution is 0.0523. The Kier molecular flexibility index (Phi) is 8.72. The lowest BCUT2D eigenvalue weighted by atomic mass is 10.1. The van der Waals surface area contributed by atoms with Crippen LogP contribution in [0.15, 0.2) is 36.4 Å². The van der Waals surface area contributed by atoms with Crippen molar-refractivity contribution in [1.29, 1.82) is 10.5 Å². The van der Waals surface area contributed by atoms with Crippen molar-refractivity contribution < 1.29 is 18.3 Å². The molecule has 3 N–H and O–H groups in total. The molecule has 0 spiro atoms. The lowest BCUT2D eigenvalue weighted by Gasteiger charge is -2.19. The Hall–Kier alpha value is -3.49. The second-order valence-electron chi connectivity index (χ2n) is 6.91. The molecule has 0 aliphatic rings. The monoisotopic (exact) mass is 400 g/mol. The van der Waals surface area contributed by atoms with Gasteiger partial charge in [-0.2, -0.15) is 10.5 Å². The van der Waals surface area contributed by atoms with Crippen LogP contribution in [0.1, 0.15) is 43.0 Å². The molecule has 0 aliphatic carbocycles. The van der Waals surface area contributed by atoms with Crippen LogP contribution in [0.5, 0.6) is 0 Å². The number of carbonyl (C=O) groups excluding carboxylic acids is 1. The maximum atomic E-state index is 13.3. The minimum absolute atomic E-state index is 0.0176. The van der Waals surface area contributed by atoms with Gasteiger partial charge in [0.1, 0.15) is 29.4 Å². The first-order valence-corrected chi connectivity index (χ1v) is 8.63. The summed E-state index contributed by atoms with van der Waals surface area (Å²) < 4.78 is 31.1. The van der Waals surface area contributed by atoms with Gasteiger partial charge in [0.15, 0.2) is 0 Å². The number of nitrogens with zero attached hydrogens (tertiary/aromatic N) is 2. The van der Waals surface area contributed by atoms with E-state index in [-0.39, 0.29) is 17.7 Å². The number of nitrogens with two attached hydrogens (primary N) is 1. The fourth-order valence-electron chi connectivity index (χ4n) is 2.02. The van der Waals surface area contributed by atoms with Crippen molar-refractivity contribution >= 4 is 6.09 Å². The number of ether oxygens (including phenoxy) is 1. The molecule has 6 nitrogen and oxygen atoms in total. The number of benzene rings is 2. The van der Waals surface area contributed by atoms with Crippen molar-refractivity contribution in [3.63, 3.8) is 0 Å². The number of rotatable bonds is 3. The third kappa shape index (κ3) is 8.37. The van der Waals surface area contributed by atoms with Gasteiger partial charge in [0.25, 0.3) is 0 Å². The van der Waals surface area contributed by atoms with Gasteiger partial charge in [-0.05, 0) is 56.2 Å². The van der Waals surface area contributed by atoms with E-state index in [2.05, 4.69) is 5.32 Å². The molecule has 152 valence electrons. The van der Waals surface area contributed by atoms with Crippen molar-refractivity contribution in [3.05, 3.63) is 70.3 Å². The molecule has 0 fully saturated rings. The minimum atomic E-state index is -0.596. The zero-order valence-corrected chi connectivity index (χ0v) is 16.4. The minimum Gasteiger partial charge on any atom is -0.444 e. The van der Waals surface area contributed by atoms with Gasteiger partial charge >= 0.3 is 6.09 Å². The second-order valence-corrected chi connectivity index (χ2v) is 6.91. The van der Waals surface area contributed by atoms with E-state index in [1.807, 2.05) is 0 Å². The predicted octanol–water partition coefficient (Wildman–Crippen LogP) is 3.88. The maximum absolute atomic E-state index is 13.3. The highest BCUT2D eigenvalue weighted by Gasteiger charge is 2.15. The molecule has 0 saturated heterocycles. The molecule has 0 aromatic heterocycles. The van der Waals surface area contributed by atoms with E-state index >= 15 is 0 Å². The number of amides is 1. The van der Waals surface area contributed by atoms with E-state index in [4.69, 9.17) is 21.0 Å². The Bertz CT molecular complexity index is 941. The molecule has 2 aromatic carbocycles. The first kappa shape index (κ1) is 23.5. The van der Waals surface area contributed by atoms with E-state index in [0.717, 1.165) is 0 Å². The fourth-order valence-corrected chi connectivity index (χ4v) is 2.02. The van der Waals surface area contributed by atoms with Gasteiger partial charge in [0.2, 0.25) is 0 Å². The van der Waals surface area contributed by atoms with E-state index < -0.39 is 23.3 Å². The highest BCUT2D eigenvalue weighted by atomic mass is 19.1. The summed E-state index contributed by atoms with van der Waals surface area (Å²) >= 11 is 0. The van der Waals surface area contributed by atoms with Crippen LogP contribution in [0.4, 0.5) is 13.6 Å². The number of halogens is 2. The molecule has 0 radical (unpaired) electrons. The number of carbonyl (C=O) groups is 1. The van der Waals surface area contributed by atoms with Crippen molar-refractivity contribution in [2.45, 2.75) is 39.5 Å². The Labute approximate surface area is 168 Å². The molecule has 0 bridgehead atoms. The van der Waals surface area contributed by atoms with Crippen molar-refractivity contribution in [2.24, 2.45) is 5.73 Å². The number of hydrogen-bond acceptors (Lipinski definition) is 5. The van der Waals surface area contributed by atoms with Gasteiger partial charge in [-0.15, -0.1) is 0 Å². The van der Waals surface area contributed by atoms with Crippen molar-refractivity contribution in [1.82, 2.24) is 5.32 Å². The summed E-state index contributed by atoms with van der Waals surface area (Å²) in [5, 5.41) is 19.4. The zero-order valence-electron chi connectivity index (χ0n) is 16.4. The predicted molar refractivity (Wildman–Crippen MR) is 103 cm³/mol. The van der Waals surface area contributed by atoms with E-state index in [9.17, 15) is 13.6 Å². The molecule has 1 amide bonds. The summed E-state index contributed by atoms with van der Waals surface area (Å²) in [6.45, 7) is 5.72. The van der Waals surface area contributed by atoms with E-state index in [1.54, 1.807) is 45.0 Å². The zero-order chi connectivity index (χ0) is 22.0. The van der Waals surface area contributed by atoms with E-state index in [0.29, 0.717) is 17.7 Å². The summed E-state index contributed by atoms with van der Waals surface area (Å²) in [4.78, 5) is 11.4. The average molecular weight is 400 g/mol. The molecule has 0 saturated carbocycles. The first-order valence-electron chi connectivity index (χ1n) is 8.63. The molecule has 0 heterocycles. The molecule has 8 heteroatoms. The van der Waals surface area contributed by atoms with Crippen LogP contribution in [0.2, 0.25) is 0 Å². The Morgan fingerprint density at radius 3 is 1.93 bits per heavy atom. The Morgan fingerprint density at radius 1 is 1.03 bits per heavy atom. The number of alkyl carbamates (subject to hydrolysis) is 1. The van der Waals surface area contributed by atoms with Gasteiger partial charge in [-0.3, -0.25) is 0 Å². The third-order valence-electron chi connectivity index (χ3n) is 3.38. The first-order chi connectivity index (χ1) is 13.6. The van der Waals surface area contributed by atoms with Crippen LogP contribution >= 0.6 is 0 Å². The topological polar surface area (TPSA) is 112 Å². The molecular weight excluding hydrogens is 378 g/mol. The summed E-state index contributed by atoms with van der Waals surface area (Å²) in [5.74, 6) is -1.10. The van der Waals surface area contributed by atoms with Crippen LogP contribution in [0.25, 0.3) is 0 Å². The lowest BCUT2D eigenvalue weighted by Crippen LogP contribution is -2.32. The van der Waals surface area contributed by atoms with Gasteiger partial charge in [-0.25, -0.2) is 13.6 Å². The highest BCUT2D eigenvalue weighted by molar-refractivity contribution is 5.67. The molecule has 0 atom stereocenters. The molecule has 2 aromatic rings. The summed E-state index contributed by atoms with van der Waals surface area (Å²) in [5.41, 5.74) is 5.99. The van der Waals surface area contributed by atoms with Crippen LogP contribution in [-0.4, -0.2) is 11.7 Å². The van der Waals surface area contributed by atoms with Crippen LogP contribution in [0.3, 0.4) is 0 Å². The molecule has 29 heavy (non-hydrogen) atoms. The maximum Gasteiger partial charge on any atom is 0.407 e. The molecule has 0 aliphatic heterocycles. The summed E-state index contributed by atoms with van der Waals surface area (Å²) in [7, 11) is 0. The molecular formula is C21H22F2N4O2. The molecule has 2 rings (SSSR count). The van der Waals surface area contributed by atoms with Crippen LogP contribution < -0.4 is 11.1 Å². The van der Waals surface area contributed by atoms with Crippen molar-refractivity contribution in [2.75, 3.05) is 0 Å². The highest BCUT2D eigenvalue weighted by Crippen LogP contribution is 2.11. The van der Waals surface area contributed by atoms with Gasteiger partial charge in [0, 0.05) is 13.1 Å². The fraction of sp³-hybridized carbons (Fsp3) is 0.286. The summed E-state index contributed by atoms with van der Waals surface area (Å²) in [6, 6.07) is 12.0. The van der Waals surface area contributed by atoms with Crippen LogP contribution in [-0.2, 0) is 17.8 Å². The van der Waals surface area contributed by atoms with Crippen LogP contribution in [0, 0.1) is 34.3 Å². The van der Waals surface area contributed by atoms with Crippen molar-refractivity contribution in [3.8, 4) is 12.1 Å². The third-order valence-corrected chi connectivity index (χ3v) is 3.38. The normalized spacial score (nSPS) is 10.1. The molecule has 0 unspecified atom stereocenters. The number of nitriles is 2. The Balaban J connectivity index is 0.000000326. The van der Waals surface area contributed by atoms with Gasteiger partial charge in [-0.1, -0.05) is 12.1 Å². The quantitative estimate of drug-likeness (QED) is 0.812. The smallest absolute Gasteiger partial charge is 0.407 e. The van der Waals surface area contributed by atoms with Gasteiger partial charge < -0.3 is 15.8 Å². The van der Waals surface area contributed by atoms with Gasteiger partial charge in [0.05, 0.1) is 11.1 Å². The number of nitrogens with one attached hydrogen (secondary N) is 1. The standard InChI is InChI=1S/C13H15FN2O2.C8H7FN2/c1-13(2,3)18-12(17)16-8-9-4-5-10(7-15)11(14)6-9;9-8-3-6(4-10)1-2-7(8)5-11/h4-6H,8H2,1-3H3,(H,16,17);1-3H,4,10H2. The summed E-state index contributed by atoms with van der Waals surface area (Å²) in [6.07, 6.45) is -0.563. The second kappa shape index (κ2) is 10.7. The largest absolute Gasteiger partial charge is 0.444 e. The SMILES string of the molecule is CC(C)(C)OC(=O)NCc1ccc(C#N)c(F)c1.N#Cc1ccc(CN)cc1F. The van der Waals surface area contributed by atoms with E-state index in [1.165, 1.54) is 24.3 Å². The number of hydrogen-bond donors (Lipinski definition) is 2. The Morgan fingerprint density at radius 2 is 1.52 bits per heavy atom. The average Bonchev–Trinajstić information content (AvgIpc) is 2.65.